The van der Waals surface area contributed by atoms with Crippen LogP contribution < -0.4 is 0 Å². The van der Waals surface area contributed by atoms with Crippen molar-refractivity contribution in [3.8, 4) is 0 Å². The van der Waals surface area contributed by atoms with Crippen LogP contribution in [0.2, 0.25) is 0 Å². The molecule has 0 spiro atoms. The second-order valence-corrected chi connectivity index (χ2v) is 7.17. The highest BCUT2D eigenvalue weighted by Crippen LogP contribution is 2.31. The molecule has 1 heterocycles. The Labute approximate surface area is 112 Å². The molecule has 0 bridgehead atoms. The van der Waals surface area contributed by atoms with Crippen molar-refractivity contribution in [3.63, 3.8) is 0 Å². The van der Waals surface area contributed by atoms with Crippen molar-refractivity contribution in [2.45, 2.75) is 63.1 Å². The Bertz CT molecular complexity index is 504. The lowest BCUT2D eigenvalue weighted by molar-refractivity contribution is 0.510. The number of aromatic nitrogens is 3. The summed E-state index contributed by atoms with van der Waals surface area (Å²) in [5.74, 6) is 1.09. The van der Waals surface area contributed by atoms with E-state index >= 15 is 0 Å². The van der Waals surface area contributed by atoms with Gasteiger partial charge in [-0.05, 0) is 19.8 Å². The quantitative estimate of drug-likeness (QED) is 0.634. The third-order valence-corrected chi connectivity index (χ3v) is 4.65. The number of hydrogen-bond acceptors (Lipinski definition) is 4. The van der Waals surface area contributed by atoms with E-state index in [9.17, 15) is 8.42 Å². The van der Waals surface area contributed by atoms with Crippen LogP contribution in [0.5, 0.6) is 0 Å². The van der Waals surface area contributed by atoms with Gasteiger partial charge in [0.1, 0.15) is 5.82 Å². The molecule has 0 aromatic carbocycles. The van der Waals surface area contributed by atoms with Gasteiger partial charge in [0, 0.05) is 23.1 Å². The lowest BCUT2D eigenvalue weighted by Gasteiger charge is -2.14. The zero-order chi connectivity index (χ0) is 13.2. The molecule has 0 unspecified atom stereocenters. The van der Waals surface area contributed by atoms with E-state index in [-0.39, 0.29) is 5.16 Å². The Balaban J connectivity index is 2.36. The van der Waals surface area contributed by atoms with Crippen LogP contribution >= 0.6 is 10.7 Å². The van der Waals surface area contributed by atoms with Gasteiger partial charge >= 0.3 is 0 Å². The number of hydrogen-bond donors (Lipinski definition) is 0. The van der Waals surface area contributed by atoms with E-state index in [1.807, 2.05) is 6.92 Å². The summed E-state index contributed by atoms with van der Waals surface area (Å²) >= 11 is 0. The predicted molar refractivity (Wildman–Crippen MR) is 69.2 cm³/mol. The van der Waals surface area contributed by atoms with Gasteiger partial charge in [-0.25, -0.2) is 8.42 Å². The first-order valence-corrected chi connectivity index (χ1v) is 8.72. The molecule has 102 valence electrons. The first-order chi connectivity index (χ1) is 8.54. The average Bonchev–Trinajstić information content (AvgIpc) is 2.57. The lowest BCUT2D eigenvalue weighted by atomic mass is 9.99. The van der Waals surface area contributed by atoms with Gasteiger partial charge in [0.15, 0.2) is 0 Å². The minimum Gasteiger partial charge on any atom is -0.301 e. The van der Waals surface area contributed by atoms with Crippen LogP contribution in [0, 0.1) is 0 Å². The van der Waals surface area contributed by atoms with Crippen LogP contribution in [0.3, 0.4) is 0 Å². The van der Waals surface area contributed by atoms with E-state index < -0.39 is 9.05 Å². The highest BCUT2D eigenvalue weighted by Gasteiger charge is 2.26. The Morgan fingerprint density at radius 3 is 2.33 bits per heavy atom. The van der Waals surface area contributed by atoms with Crippen LogP contribution in [0.4, 0.5) is 0 Å². The fourth-order valence-electron chi connectivity index (χ4n) is 2.62. The molecule has 5 nitrogen and oxygen atoms in total. The first-order valence-electron chi connectivity index (χ1n) is 6.41. The number of nitrogens with zero attached hydrogens (tertiary/aromatic N) is 3. The highest BCUT2D eigenvalue weighted by molar-refractivity contribution is 8.13. The van der Waals surface area contributed by atoms with Gasteiger partial charge in [0.25, 0.3) is 14.2 Å². The Morgan fingerprint density at radius 2 is 1.83 bits per heavy atom. The molecule has 1 aromatic rings. The van der Waals surface area contributed by atoms with Crippen LogP contribution in [-0.2, 0) is 15.6 Å². The minimum absolute atomic E-state index is 0.120. The molecule has 1 aliphatic carbocycles. The summed E-state index contributed by atoms with van der Waals surface area (Å²) < 4.78 is 24.5. The SMILES string of the molecule is CCn1c(C2CCCCCC2)nnc1S(=O)(=O)Cl. The molecule has 1 fully saturated rings. The van der Waals surface area contributed by atoms with Gasteiger partial charge in [-0.1, -0.05) is 25.7 Å². The highest BCUT2D eigenvalue weighted by atomic mass is 35.7. The largest absolute Gasteiger partial charge is 0.301 e. The third-order valence-electron chi connectivity index (χ3n) is 3.50. The van der Waals surface area contributed by atoms with Crippen LogP contribution in [0.15, 0.2) is 5.16 Å². The molecule has 0 amide bonds. The summed E-state index contributed by atoms with van der Waals surface area (Å²) in [6.07, 6.45) is 6.95. The molecule has 1 saturated carbocycles. The molecule has 7 heteroatoms. The zero-order valence-corrected chi connectivity index (χ0v) is 12.0. The van der Waals surface area contributed by atoms with Gasteiger partial charge in [-0.15, -0.1) is 10.2 Å². The van der Waals surface area contributed by atoms with Gasteiger partial charge in [0.2, 0.25) is 0 Å². The van der Waals surface area contributed by atoms with Crippen molar-refractivity contribution < 1.29 is 8.42 Å². The predicted octanol–water partition coefficient (Wildman–Crippen LogP) is 2.66. The molecule has 2 rings (SSSR count). The molecule has 0 N–H and O–H groups in total. The summed E-state index contributed by atoms with van der Waals surface area (Å²) in [6.45, 7) is 2.41. The average molecular weight is 292 g/mol. The number of rotatable bonds is 3. The second-order valence-electron chi connectivity index (χ2n) is 4.71. The summed E-state index contributed by atoms with van der Waals surface area (Å²) in [5, 5.41) is 7.71. The molecular formula is C11H18ClN3O2S. The van der Waals surface area contributed by atoms with E-state index in [2.05, 4.69) is 10.2 Å². The number of halogens is 1. The van der Waals surface area contributed by atoms with Crippen molar-refractivity contribution in [3.05, 3.63) is 5.82 Å². The maximum atomic E-state index is 11.4. The van der Waals surface area contributed by atoms with Crippen molar-refractivity contribution in [1.29, 1.82) is 0 Å². The topological polar surface area (TPSA) is 64.8 Å². The van der Waals surface area contributed by atoms with E-state index in [0.717, 1.165) is 18.7 Å². The maximum Gasteiger partial charge on any atom is 0.296 e. The monoisotopic (exact) mass is 291 g/mol. The van der Waals surface area contributed by atoms with Crippen molar-refractivity contribution in [2.24, 2.45) is 0 Å². The summed E-state index contributed by atoms with van der Waals surface area (Å²) in [5.41, 5.74) is 0. The molecule has 0 atom stereocenters. The van der Waals surface area contributed by atoms with Crippen LogP contribution in [0.25, 0.3) is 0 Å². The molecular weight excluding hydrogens is 274 g/mol. The smallest absolute Gasteiger partial charge is 0.296 e. The summed E-state index contributed by atoms with van der Waals surface area (Å²) in [7, 11) is 1.56. The van der Waals surface area contributed by atoms with Crippen LogP contribution in [-0.4, -0.2) is 23.2 Å². The molecule has 0 saturated heterocycles. The van der Waals surface area contributed by atoms with Crippen molar-refractivity contribution >= 4 is 19.7 Å². The van der Waals surface area contributed by atoms with Crippen LogP contribution in [0.1, 0.15) is 57.2 Å². The van der Waals surface area contributed by atoms with Crippen molar-refractivity contribution in [2.75, 3.05) is 0 Å². The molecule has 1 aromatic heterocycles. The standard InChI is InChI=1S/C11H18ClN3O2S/c1-2-15-10(9-7-5-3-4-6-8-9)13-14-11(15)18(12,16)17/h9H,2-8H2,1H3. The van der Waals surface area contributed by atoms with E-state index in [4.69, 9.17) is 10.7 Å². The fraction of sp³-hybridized carbons (Fsp3) is 0.818. The molecule has 1 aliphatic rings. The summed E-state index contributed by atoms with van der Waals surface area (Å²) in [6, 6.07) is 0. The lowest BCUT2D eigenvalue weighted by Crippen LogP contribution is -2.11. The van der Waals surface area contributed by atoms with Gasteiger partial charge in [-0.3, -0.25) is 0 Å². The summed E-state index contributed by atoms with van der Waals surface area (Å²) in [4.78, 5) is 0. The Kier molecular flexibility index (Phi) is 4.27. The Morgan fingerprint density at radius 1 is 1.22 bits per heavy atom. The van der Waals surface area contributed by atoms with Gasteiger partial charge in [0.05, 0.1) is 0 Å². The van der Waals surface area contributed by atoms with Crippen molar-refractivity contribution in [1.82, 2.24) is 14.8 Å². The molecule has 18 heavy (non-hydrogen) atoms. The zero-order valence-electron chi connectivity index (χ0n) is 10.5. The van der Waals surface area contributed by atoms with E-state index in [0.29, 0.717) is 12.5 Å². The fourth-order valence-corrected chi connectivity index (χ4v) is 3.58. The van der Waals surface area contributed by atoms with Gasteiger partial charge in [-0.2, -0.15) is 0 Å². The second kappa shape index (κ2) is 5.57. The minimum atomic E-state index is -3.81. The van der Waals surface area contributed by atoms with E-state index in [1.165, 1.54) is 25.7 Å². The first kappa shape index (κ1) is 13.8. The molecule has 0 aliphatic heterocycles. The van der Waals surface area contributed by atoms with E-state index in [1.54, 1.807) is 4.57 Å². The Hall–Kier alpha value is -0.620. The molecule has 0 radical (unpaired) electrons. The third kappa shape index (κ3) is 2.85. The normalized spacial score (nSPS) is 18.8. The van der Waals surface area contributed by atoms with Gasteiger partial charge < -0.3 is 4.57 Å². The maximum absolute atomic E-state index is 11.4.